The summed E-state index contributed by atoms with van der Waals surface area (Å²) in [4.78, 5) is 10.3. The number of amides is 1. The summed E-state index contributed by atoms with van der Waals surface area (Å²) >= 11 is 0. The molecule has 0 aromatic carbocycles. The van der Waals surface area contributed by atoms with Crippen molar-refractivity contribution in [1.82, 2.24) is 0 Å². The van der Waals surface area contributed by atoms with E-state index < -0.39 is 5.91 Å². The van der Waals surface area contributed by atoms with E-state index in [9.17, 15) is 4.79 Å². The van der Waals surface area contributed by atoms with Gasteiger partial charge < -0.3 is 10.5 Å². The van der Waals surface area contributed by atoms with E-state index in [0.29, 0.717) is 13.2 Å². The molecule has 1 saturated heterocycles. The lowest BCUT2D eigenvalue weighted by Gasteiger charge is -2.34. The van der Waals surface area contributed by atoms with Crippen LogP contribution in [0.2, 0.25) is 0 Å². The molecule has 0 saturated carbocycles. The lowest BCUT2D eigenvalue weighted by atomic mass is 9.88. The fraction of sp³-hybridized carbons (Fsp3) is 0.571. The second-order valence-corrected chi connectivity index (χ2v) is 2.88. The van der Waals surface area contributed by atoms with Gasteiger partial charge in [0, 0.05) is 5.41 Å². The normalized spacial score (nSPS) is 22.5. The fourth-order valence-corrected chi connectivity index (χ4v) is 0.804. The zero-order valence-corrected chi connectivity index (χ0v) is 5.96. The molecule has 1 heterocycles. The molecule has 0 radical (unpaired) electrons. The summed E-state index contributed by atoms with van der Waals surface area (Å²) in [6.07, 6.45) is 3.20. The van der Waals surface area contributed by atoms with Gasteiger partial charge in [0.1, 0.15) is 0 Å². The highest BCUT2D eigenvalue weighted by Gasteiger charge is 2.30. The molecule has 0 bridgehead atoms. The summed E-state index contributed by atoms with van der Waals surface area (Å²) in [7, 11) is 0. The van der Waals surface area contributed by atoms with Crippen molar-refractivity contribution in [3.05, 3.63) is 12.2 Å². The molecular weight excluding hydrogens is 130 g/mol. The van der Waals surface area contributed by atoms with Crippen LogP contribution >= 0.6 is 0 Å². The van der Waals surface area contributed by atoms with Gasteiger partial charge in [-0.05, 0) is 6.08 Å². The van der Waals surface area contributed by atoms with E-state index in [4.69, 9.17) is 10.5 Å². The molecule has 1 aliphatic heterocycles. The molecular formula is C7H11NO2. The summed E-state index contributed by atoms with van der Waals surface area (Å²) < 4.78 is 4.97. The molecule has 0 aromatic heterocycles. The Morgan fingerprint density at radius 3 is 2.60 bits per heavy atom. The average Bonchev–Trinajstić information content (AvgIpc) is 1.79. The van der Waals surface area contributed by atoms with Gasteiger partial charge in [0.05, 0.1) is 13.2 Å². The van der Waals surface area contributed by atoms with Crippen LogP contribution in [0.15, 0.2) is 12.2 Å². The molecule has 1 aliphatic rings. The molecule has 0 unspecified atom stereocenters. The summed E-state index contributed by atoms with van der Waals surface area (Å²) in [5.74, 6) is -0.395. The number of carbonyl (C=O) groups excluding carboxylic acids is 1. The van der Waals surface area contributed by atoms with Crippen LogP contribution in [-0.2, 0) is 9.53 Å². The van der Waals surface area contributed by atoms with Crippen LogP contribution in [0.5, 0.6) is 0 Å². The Hall–Kier alpha value is -0.830. The predicted octanol–water partition coefficient (Wildman–Crippen LogP) is 0.0644. The third kappa shape index (κ3) is 1.57. The minimum atomic E-state index is -0.395. The Bertz CT molecular complexity index is 170. The Morgan fingerprint density at radius 2 is 2.30 bits per heavy atom. The summed E-state index contributed by atoms with van der Waals surface area (Å²) in [5, 5.41) is 0. The van der Waals surface area contributed by atoms with Gasteiger partial charge in [0.2, 0.25) is 5.91 Å². The first kappa shape index (κ1) is 7.28. The van der Waals surface area contributed by atoms with Crippen LogP contribution in [-0.4, -0.2) is 19.1 Å². The van der Waals surface area contributed by atoms with Gasteiger partial charge in [-0.15, -0.1) is 0 Å². The highest BCUT2D eigenvalue weighted by atomic mass is 16.5. The average molecular weight is 141 g/mol. The summed E-state index contributed by atoms with van der Waals surface area (Å²) in [6, 6.07) is 0. The molecule has 10 heavy (non-hydrogen) atoms. The van der Waals surface area contributed by atoms with Gasteiger partial charge in [-0.1, -0.05) is 13.0 Å². The zero-order chi connectivity index (χ0) is 7.61. The Labute approximate surface area is 59.8 Å². The fourth-order valence-electron chi connectivity index (χ4n) is 0.804. The molecule has 56 valence electrons. The summed E-state index contributed by atoms with van der Waals surface area (Å²) in [6.45, 7) is 3.41. The minimum absolute atomic E-state index is 0.0506. The minimum Gasteiger partial charge on any atom is -0.379 e. The van der Waals surface area contributed by atoms with Crippen LogP contribution in [0.4, 0.5) is 0 Å². The van der Waals surface area contributed by atoms with Gasteiger partial charge in [0.15, 0.2) is 0 Å². The van der Waals surface area contributed by atoms with E-state index in [2.05, 4.69) is 0 Å². The van der Waals surface area contributed by atoms with E-state index in [-0.39, 0.29) is 5.41 Å². The number of nitrogens with two attached hydrogens (primary N) is 1. The van der Waals surface area contributed by atoms with Gasteiger partial charge in [-0.25, -0.2) is 0 Å². The van der Waals surface area contributed by atoms with E-state index in [1.54, 1.807) is 6.08 Å². The number of hydrogen-bond acceptors (Lipinski definition) is 2. The van der Waals surface area contributed by atoms with Crippen molar-refractivity contribution >= 4 is 5.91 Å². The molecule has 3 heteroatoms. The smallest absolute Gasteiger partial charge is 0.241 e. The van der Waals surface area contributed by atoms with Crippen molar-refractivity contribution in [2.24, 2.45) is 11.1 Å². The van der Waals surface area contributed by atoms with Gasteiger partial charge in [-0.2, -0.15) is 0 Å². The predicted molar refractivity (Wildman–Crippen MR) is 37.3 cm³/mol. The number of hydrogen-bond donors (Lipinski definition) is 1. The van der Waals surface area contributed by atoms with Crippen LogP contribution in [0.25, 0.3) is 0 Å². The van der Waals surface area contributed by atoms with Crippen molar-refractivity contribution in [3.63, 3.8) is 0 Å². The molecule has 1 amide bonds. The maximum absolute atomic E-state index is 10.3. The van der Waals surface area contributed by atoms with Crippen LogP contribution in [0.3, 0.4) is 0 Å². The van der Waals surface area contributed by atoms with Gasteiger partial charge >= 0.3 is 0 Å². The van der Waals surface area contributed by atoms with Crippen LogP contribution < -0.4 is 5.73 Å². The Balaban J connectivity index is 2.43. The molecule has 0 aromatic rings. The van der Waals surface area contributed by atoms with E-state index in [1.807, 2.05) is 6.92 Å². The monoisotopic (exact) mass is 141 g/mol. The molecule has 0 aliphatic carbocycles. The van der Waals surface area contributed by atoms with E-state index in [1.165, 1.54) is 6.08 Å². The van der Waals surface area contributed by atoms with E-state index >= 15 is 0 Å². The molecule has 0 atom stereocenters. The Morgan fingerprint density at radius 1 is 1.70 bits per heavy atom. The number of carbonyl (C=O) groups is 1. The molecule has 1 fully saturated rings. The first-order valence-corrected chi connectivity index (χ1v) is 3.19. The number of ether oxygens (including phenoxy) is 1. The first-order valence-electron chi connectivity index (χ1n) is 3.19. The largest absolute Gasteiger partial charge is 0.379 e. The second-order valence-electron chi connectivity index (χ2n) is 2.88. The lowest BCUT2D eigenvalue weighted by molar-refractivity contribution is -0.113. The van der Waals surface area contributed by atoms with Crippen molar-refractivity contribution in [3.8, 4) is 0 Å². The quantitative estimate of drug-likeness (QED) is 0.553. The third-order valence-corrected chi connectivity index (χ3v) is 1.51. The van der Waals surface area contributed by atoms with Crippen LogP contribution in [0.1, 0.15) is 6.92 Å². The van der Waals surface area contributed by atoms with Gasteiger partial charge in [-0.3, -0.25) is 4.79 Å². The van der Waals surface area contributed by atoms with E-state index in [0.717, 1.165) is 0 Å². The molecule has 0 spiro atoms. The molecule has 2 N–H and O–H groups in total. The molecule has 1 rings (SSSR count). The van der Waals surface area contributed by atoms with Gasteiger partial charge in [0.25, 0.3) is 0 Å². The summed E-state index contributed by atoms with van der Waals surface area (Å²) in [5.41, 5.74) is 4.96. The zero-order valence-electron chi connectivity index (χ0n) is 5.96. The van der Waals surface area contributed by atoms with Crippen molar-refractivity contribution in [1.29, 1.82) is 0 Å². The second kappa shape index (κ2) is 2.42. The topological polar surface area (TPSA) is 52.3 Å². The Kier molecular flexibility index (Phi) is 1.76. The SMILES string of the molecule is CC1(/C=C/C(N)=O)COC1. The maximum atomic E-state index is 10.3. The molecule has 3 nitrogen and oxygen atoms in total. The lowest BCUT2D eigenvalue weighted by Crippen LogP contribution is -2.37. The standard InChI is InChI=1S/C7H11NO2/c1-7(4-10-5-7)3-2-6(8)9/h2-3H,4-5H2,1H3,(H2,8,9)/b3-2+. The van der Waals surface area contributed by atoms with Crippen molar-refractivity contribution in [2.75, 3.05) is 13.2 Å². The highest BCUT2D eigenvalue weighted by molar-refractivity contribution is 5.85. The maximum Gasteiger partial charge on any atom is 0.241 e. The van der Waals surface area contributed by atoms with Crippen molar-refractivity contribution < 1.29 is 9.53 Å². The number of rotatable bonds is 2. The first-order chi connectivity index (χ1) is 4.62. The number of primary amides is 1. The van der Waals surface area contributed by atoms with Crippen molar-refractivity contribution in [2.45, 2.75) is 6.92 Å². The highest BCUT2D eigenvalue weighted by Crippen LogP contribution is 2.27. The van der Waals surface area contributed by atoms with Crippen LogP contribution in [0, 0.1) is 5.41 Å². The third-order valence-electron chi connectivity index (χ3n) is 1.51.